The number of benzene rings is 2. The van der Waals surface area contributed by atoms with Crippen molar-refractivity contribution in [3.05, 3.63) is 72.9 Å². The highest BCUT2D eigenvalue weighted by Gasteiger charge is 2.17. The number of thiophene rings is 1. The lowest BCUT2D eigenvalue weighted by Gasteiger charge is -2.13. The van der Waals surface area contributed by atoms with Crippen molar-refractivity contribution in [2.24, 2.45) is 0 Å². The van der Waals surface area contributed by atoms with E-state index < -0.39 is 11.6 Å². The average molecular weight is 476 g/mol. The molecule has 1 amide bonds. The summed E-state index contributed by atoms with van der Waals surface area (Å²) in [7, 11) is 0. The Balaban J connectivity index is 2.05. The molecule has 3 rings (SSSR count). The maximum absolute atomic E-state index is 14.3. The second kappa shape index (κ2) is 7.16. The first kappa shape index (κ1) is 17.3. The van der Waals surface area contributed by atoms with Crippen molar-refractivity contribution >= 4 is 57.1 Å². The largest absolute Gasteiger partial charge is 0.321 e. The van der Waals surface area contributed by atoms with E-state index in [1.165, 1.54) is 41.7 Å². The van der Waals surface area contributed by atoms with Crippen molar-refractivity contribution in [2.45, 2.75) is 0 Å². The van der Waals surface area contributed by atoms with E-state index in [-0.39, 0.29) is 22.1 Å². The molecule has 0 saturated carbocycles. The van der Waals surface area contributed by atoms with Crippen LogP contribution in [0.4, 0.5) is 14.5 Å². The molecule has 7 heteroatoms. The van der Waals surface area contributed by atoms with Gasteiger partial charge in [-0.05, 0) is 58.3 Å². The van der Waals surface area contributed by atoms with Gasteiger partial charge in [-0.3, -0.25) is 4.79 Å². The lowest BCUT2D eigenvalue weighted by atomic mass is 10.0. The van der Waals surface area contributed by atoms with Gasteiger partial charge in [0.25, 0.3) is 5.91 Å². The molecular formula is C17H9ClF2INOS. The van der Waals surface area contributed by atoms with Gasteiger partial charge in [0.05, 0.1) is 13.5 Å². The topological polar surface area (TPSA) is 29.1 Å². The lowest BCUT2D eigenvalue weighted by molar-refractivity contribution is 0.102. The molecule has 2 nitrogen and oxygen atoms in total. The third kappa shape index (κ3) is 3.45. The van der Waals surface area contributed by atoms with E-state index in [1.54, 1.807) is 17.5 Å². The van der Waals surface area contributed by atoms with Crippen molar-refractivity contribution in [1.29, 1.82) is 0 Å². The van der Waals surface area contributed by atoms with E-state index in [0.717, 1.165) is 2.88 Å². The number of carbonyl (C=O) groups excluding carboxylic acids is 1. The molecule has 1 N–H and O–H groups in total. The Morgan fingerprint density at radius 1 is 1.12 bits per heavy atom. The van der Waals surface area contributed by atoms with Crippen LogP contribution >= 0.6 is 45.5 Å². The van der Waals surface area contributed by atoms with Crippen LogP contribution in [-0.2, 0) is 0 Å². The molecule has 2 aromatic carbocycles. The number of amides is 1. The molecule has 0 radical (unpaired) electrons. The van der Waals surface area contributed by atoms with Gasteiger partial charge < -0.3 is 5.32 Å². The Kier molecular flexibility index (Phi) is 5.17. The van der Waals surface area contributed by atoms with Crippen molar-refractivity contribution < 1.29 is 13.6 Å². The van der Waals surface area contributed by atoms with E-state index in [2.05, 4.69) is 27.9 Å². The zero-order chi connectivity index (χ0) is 17.3. The zero-order valence-corrected chi connectivity index (χ0v) is 15.7. The van der Waals surface area contributed by atoms with Crippen LogP contribution in [0.3, 0.4) is 0 Å². The molecule has 0 atom stereocenters. The van der Waals surface area contributed by atoms with Crippen LogP contribution in [0, 0.1) is 14.5 Å². The molecule has 0 aliphatic heterocycles. The van der Waals surface area contributed by atoms with Gasteiger partial charge in [-0.2, -0.15) is 0 Å². The Morgan fingerprint density at radius 2 is 1.92 bits per heavy atom. The molecule has 0 bridgehead atoms. The van der Waals surface area contributed by atoms with E-state index in [9.17, 15) is 13.6 Å². The minimum Gasteiger partial charge on any atom is -0.321 e. The molecule has 122 valence electrons. The summed E-state index contributed by atoms with van der Waals surface area (Å²) >= 11 is 9.32. The van der Waals surface area contributed by atoms with Crippen LogP contribution in [0.25, 0.3) is 11.1 Å². The summed E-state index contributed by atoms with van der Waals surface area (Å²) in [5.74, 6) is -1.53. The molecule has 1 heterocycles. The van der Waals surface area contributed by atoms with E-state index in [1.807, 2.05) is 0 Å². The fourth-order valence-electron chi connectivity index (χ4n) is 2.21. The quantitative estimate of drug-likeness (QED) is 0.449. The fourth-order valence-corrected chi connectivity index (χ4v) is 3.86. The van der Waals surface area contributed by atoms with Crippen molar-refractivity contribution in [2.75, 3.05) is 5.32 Å². The Morgan fingerprint density at radius 3 is 2.62 bits per heavy atom. The first-order valence-corrected chi connectivity index (χ1v) is 9.09. The first-order valence-electron chi connectivity index (χ1n) is 6.75. The van der Waals surface area contributed by atoms with Crippen molar-refractivity contribution in [3.8, 4) is 11.1 Å². The summed E-state index contributed by atoms with van der Waals surface area (Å²) < 4.78 is 28.8. The van der Waals surface area contributed by atoms with Crippen molar-refractivity contribution in [1.82, 2.24) is 0 Å². The SMILES string of the molecule is O=C(Nc1ccc(F)cc1-c1cccc(Cl)c1F)c1ccsc1I. The van der Waals surface area contributed by atoms with Crippen LogP contribution < -0.4 is 5.32 Å². The number of hydrogen-bond acceptors (Lipinski definition) is 2. The van der Waals surface area contributed by atoms with Crippen LogP contribution in [-0.4, -0.2) is 5.91 Å². The second-order valence-electron chi connectivity index (χ2n) is 4.85. The number of halogens is 4. The van der Waals surface area contributed by atoms with Crippen molar-refractivity contribution in [3.63, 3.8) is 0 Å². The van der Waals surface area contributed by atoms with Gasteiger partial charge in [-0.1, -0.05) is 23.7 Å². The molecular weight excluding hydrogens is 467 g/mol. The standard InChI is InChI=1S/C17H9ClF2INOS/c18-13-3-1-2-10(15(13)20)12-8-9(19)4-5-14(12)22-17(23)11-6-7-24-16(11)21/h1-8H,(H,22,23). The normalized spacial score (nSPS) is 10.7. The summed E-state index contributed by atoms with van der Waals surface area (Å²) in [5, 5.41) is 4.45. The molecule has 0 saturated heterocycles. The van der Waals surface area contributed by atoms with E-state index in [4.69, 9.17) is 11.6 Å². The monoisotopic (exact) mass is 475 g/mol. The summed E-state index contributed by atoms with van der Waals surface area (Å²) in [6.45, 7) is 0. The number of nitrogens with one attached hydrogen (secondary N) is 1. The maximum Gasteiger partial charge on any atom is 0.257 e. The summed E-state index contributed by atoms with van der Waals surface area (Å²) in [6, 6.07) is 9.95. The third-order valence-corrected chi connectivity index (χ3v) is 5.67. The average Bonchev–Trinajstić information content (AvgIpc) is 2.98. The lowest BCUT2D eigenvalue weighted by Crippen LogP contribution is -2.13. The maximum atomic E-state index is 14.3. The molecule has 1 aromatic heterocycles. The first-order chi connectivity index (χ1) is 11.5. The van der Waals surface area contributed by atoms with Gasteiger partial charge >= 0.3 is 0 Å². The minimum absolute atomic E-state index is 0.0681. The molecule has 0 spiro atoms. The minimum atomic E-state index is -0.662. The molecule has 0 fully saturated rings. The van der Waals surface area contributed by atoms with Gasteiger partial charge in [-0.25, -0.2) is 8.78 Å². The highest BCUT2D eigenvalue weighted by Crippen LogP contribution is 2.34. The summed E-state index contributed by atoms with van der Waals surface area (Å²) in [6.07, 6.45) is 0. The predicted octanol–water partition coefficient (Wildman–Crippen LogP) is 6.20. The van der Waals surface area contributed by atoms with Gasteiger partial charge in [-0.15, -0.1) is 11.3 Å². The number of rotatable bonds is 3. The van der Waals surface area contributed by atoms with Gasteiger partial charge in [0.1, 0.15) is 11.6 Å². The zero-order valence-electron chi connectivity index (χ0n) is 11.9. The van der Waals surface area contributed by atoms with Crippen LogP contribution in [0.2, 0.25) is 5.02 Å². The highest BCUT2D eigenvalue weighted by atomic mass is 127. The third-order valence-electron chi connectivity index (χ3n) is 3.33. The van der Waals surface area contributed by atoms with Gasteiger partial charge in [0.2, 0.25) is 0 Å². The molecule has 0 unspecified atom stereocenters. The molecule has 0 aliphatic rings. The predicted molar refractivity (Wildman–Crippen MR) is 102 cm³/mol. The van der Waals surface area contributed by atoms with Gasteiger partial charge in [0.15, 0.2) is 0 Å². The summed E-state index contributed by atoms with van der Waals surface area (Å²) in [4.78, 5) is 12.4. The molecule has 24 heavy (non-hydrogen) atoms. The van der Waals surface area contributed by atoms with Crippen LogP contribution in [0.5, 0.6) is 0 Å². The van der Waals surface area contributed by atoms with Gasteiger partial charge in [0, 0.05) is 16.8 Å². The Bertz CT molecular complexity index is 929. The molecule has 3 aromatic rings. The molecule has 0 aliphatic carbocycles. The second-order valence-corrected chi connectivity index (χ2v) is 7.99. The number of carbonyl (C=O) groups is 1. The van der Waals surface area contributed by atoms with E-state index >= 15 is 0 Å². The number of hydrogen-bond donors (Lipinski definition) is 1. The highest BCUT2D eigenvalue weighted by molar-refractivity contribution is 14.1. The fraction of sp³-hybridized carbons (Fsp3) is 0. The Labute approximate surface area is 159 Å². The smallest absolute Gasteiger partial charge is 0.257 e. The van der Waals surface area contributed by atoms with E-state index in [0.29, 0.717) is 11.3 Å². The summed E-state index contributed by atoms with van der Waals surface area (Å²) in [5.41, 5.74) is 1.18. The van der Waals surface area contributed by atoms with Crippen LogP contribution in [0.15, 0.2) is 47.8 Å². The van der Waals surface area contributed by atoms with Crippen LogP contribution in [0.1, 0.15) is 10.4 Å². The number of anilines is 1. The Hall–Kier alpha value is -1.51.